The van der Waals surface area contributed by atoms with E-state index in [2.05, 4.69) is 5.32 Å². The molecule has 130 valence electrons. The summed E-state index contributed by atoms with van der Waals surface area (Å²) in [7, 11) is 0. The van der Waals surface area contributed by atoms with Gasteiger partial charge in [0.15, 0.2) is 6.10 Å². The molecule has 0 saturated carbocycles. The van der Waals surface area contributed by atoms with Crippen LogP contribution < -0.4 is 14.9 Å². The van der Waals surface area contributed by atoms with Crippen molar-refractivity contribution in [3.05, 3.63) is 57.7 Å². The van der Waals surface area contributed by atoms with Gasteiger partial charge in [0.05, 0.1) is 10.2 Å². The number of thiazole rings is 1. The maximum atomic E-state index is 12.4. The van der Waals surface area contributed by atoms with Crippen LogP contribution >= 0.6 is 11.3 Å². The number of benzene rings is 2. The van der Waals surface area contributed by atoms with Gasteiger partial charge in [-0.1, -0.05) is 23.5 Å². The number of anilines is 1. The molecule has 0 bridgehead atoms. The van der Waals surface area contributed by atoms with Crippen molar-refractivity contribution in [1.82, 2.24) is 4.57 Å². The summed E-state index contributed by atoms with van der Waals surface area (Å²) in [5.74, 6) is 0.430. The van der Waals surface area contributed by atoms with Crippen LogP contribution in [0, 0.1) is 6.92 Å². The van der Waals surface area contributed by atoms with E-state index in [1.165, 1.54) is 11.3 Å². The molecule has 0 unspecified atom stereocenters. The highest BCUT2D eigenvalue weighted by atomic mass is 32.1. The lowest BCUT2D eigenvalue weighted by atomic mass is 10.2. The van der Waals surface area contributed by atoms with E-state index >= 15 is 0 Å². The van der Waals surface area contributed by atoms with Gasteiger partial charge in [-0.3, -0.25) is 14.2 Å². The van der Waals surface area contributed by atoms with Gasteiger partial charge in [0, 0.05) is 12.2 Å². The molecule has 1 atom stereocenters. The summed E-state index contributed by atoms with van der Waals surface area (Å²) < 4.78 is 8.27. The largest absolute Gasteiger partial charge is 0.481 e. The Morgan fingerprint density at radius 3 is 2.80 bits per heavy atom. The van der Waals surface area contributed by atoms with E-state index < -0.39 is 6.10 Å². The summed E-state index contributed by atoms with van der Waals surface area (Å²) in [6.07, 6.45) is -0.628. The highest BCUT2D eigenvalue weighted by Gasteiger charge is 2.16. The molecule has 0 fully saturated rings. The van der Waals surface area contributed by atoms with Gasteiger partial charge in [0.1, 0.15) is 5.75 Å². The van der Waals surface area contributed by atoms with E-state index in [1.54, 1.807) is 17.6 Å². The van der Waals surface area contributed by atoms with Crippen LogP contribution in [0.15, 0.2) is 47.3 Å². The third-order valence-corrected chi connectivity index (χ3v) is 4.87. The van der Waals surface area contributed by atoms with Gasteiger partial charge in [-0.25, -0.2) is 0 Å². The number of aryl methyl sites for hydroxylation is 2. The van der Waals surface area contributed by atoms with Gasteiger partial charge >= 0.3 is 4.87 Å². The van der Waals surface area contributed by atoms with Gasteiger partial charge in [-0.2, -0.15) is 0 Å². The molecule has 0 spiro atoms. The normalized spacial score (nSPS) is 12.1. The summed E-state index contributed by atoms with van der Waals surface area (Å²) in [5, 5.41) is 2.85. The number of nitrogens with zero attached hydrogens (tertiary/aromatic N) is 1. The molecule has 5 nitrogen and oxygen atoms in total. The molecule has 2 aromatic carbocycles. The van der Waals surface area contributed by atoms with E-state index in [9.17, 15) is 9.59 Å². The molecule has 0 aliphatic rings. The topological polar surface area (TPSA) is 60.3 Å². The monoisotopic (exact) mass is 356 g/mol. The van der Waals surface area contributed by atoms with E-state index in [4.69, 9.17) is 4.74 Å². The molecule has 3 aromatic rings. The maximum absolute atomic E-state index is 12.4. The number of aromatic nitrogens is 1. The zero-order valence-corrected chi connectivity index (χ0v) is 15.2. The predicted molar refractivity (Wildman–Crippen MR) is 102 cm³/mol. The van der Waals surface area contributed by atoms with Crippen LogP contribution in [0.2, 0.25) is 0 Å². The van der Waals surface area contributed by atoms with Crippen molar-refractivity contribution >= 4 is 33.1 Å². The average molecular weight is 356 g/mol. The number of carbonyl (C=O) groups excluding carboxylic acids is 1. The lowest BCUT2D eigenvalue weighted by molar-refractivity contribution is -0.122. The fourth-order valence-corrected chi connectivity index (χ4v) is 3.63. The number of nitrogens with one attached hydrogen (secondary N) is 1. The molecular weight excluding hydrogens is 336 g/mol. The van der Waals surface area contributed by atoms with Gasteiger partial charge in [-0.15, -0.1) is 0 Å². The van der Waals surface area contributed by atoms with E-state index in [0.29, 0.717) is 18.0 Å². The fourth-order valence-electron chi connectivity index (χ4n) is 2.63. The first kappa shape index (κ1) is 17.2. The van der Waals surface area contributed by atoms with Crippen molar-refractivity contribution in [2.24, 2.45) is 0 Å². The zero-order valence-electron chi connectivity index (χ0n) is 14.4. The van der Waals surface area contributed by atoms with Crippen molar-refractivity contribution in [1.29, 1.82) is 0 Å². The Morgan fingerprint density at radius 1 is 1.28 bits per heavy atom. The number of fused-ring (bicyclic) bond motifs is 1. The third-order valence-electron chi connectivity index (χ3n) is 3.92. The molecule has 6 heteroatoms. The summed E-state index contributed by atoms with van der Waals surface area (Å²) in [6, 6.07) is 13.1. The Balaban J connectivity index is 1.74. The van der Waals surface area contributed by atoms with Gasteiger partial charge < -0.3 is 10.1 Å². The summed E-state index contributed by atoms with van der Waals surface area (Å²) in [5.41, 5.74) is 2.62. The van der Waals surface area contributed by atoms with Crippen molar-refractivity contribution in [2.75, 3.05) is 5.32 Å². The van der Waals surface area contributed by atoms with E-state index in [1.807, 2.05) is 50.2 Å². The fraction of sp³-hybridized carbons (Fsp3) is 0.263. The molecule has 3 rings (SSSR count). The Labute approximate surface area is 149 Å². The molecule has 0 radical (unpaired) electrons. The first-order chi connectivity index (χ1) is 12.0. The Hall–Kier alpha value is -2.60. The van der Waals surface area contributed by atoms with Crippen LogP contribution in [0.4, 0.5) is 5.69 Å². The standard InChI is InChI=1S/C19H20N2O3S/c1-4-21-16-9-8-14(11-17(16)25-19(21)23)20-18(22)13(3)24-15-7-5-6-12(2)10-15/h5-11,13H,4H2,1-3H3,(H,20,22)/t13-/m0/s1. The molecule has 1 heterocycles. The number of ether oxygens (including phenoxy) is 1. The first-order valence-electron chi connectivity index (χ1n) is 8.15. The number of rotatable bonds is 5. The Morgan fingerprint density at radius 2 is 2.08 bits per heavy atom. The molecule has 25 heavy (non-hydrogen) atoms. The average Bonchev–Trinajstić information content (AvgIpc) is 2.89. The van der Waals surface area contributed by atoms with Crippen LogP contribution in [0.3, 0.4) is 0 Å². The molecule has 0 aliphatic heterocycles. The second kappa shape index (κ2) is 7.11. The summed E-state index contributed by atoms with van der Waals surface area (Å²) in [6.45, 7) is 6.25. The van der Waals surface area contributed by atoms with Gasteiger partial charge in [0.2, 0.25) is 0 Å². The third kappa shape index (κ3) is 3.74. The van der Waals surface area contributed by atoms with Crippen molar-refractivity contribution < 1.29 is 9.53 Å². The first-order valence-corrected chi connectivity index (χ1v) is 8.97. The second-order valence-corrected chi connectivity index (χ2v) is 6.85. The van der Waals surface area contributed by atoms with Crippen molar-refractivity contribution in [3.63, 3.8) is 0 Å². The number of carbonyl (C=O) groups is 1. The molecule has 1 aromatic heterocycles. The van der Waals surface area contributed by atoms with Crippen molar-refractivity contribution in [3.8, 4) is 5.75 Å². The predicted octanol–water partition coefficient (Wildman–Crippen LogP) is 3.80. The Kier molecular flexibility index (Phi) is 4.90. The van der Waals surface area contributed by atoms with E-state index in [0.717, 1.165) is 15.8 Å². The molecule has 1 N–H and O–H groups in total. The van der Waals surface area contributed by atoms with Crippen LogP contribution in [-0.4, -0.2) is 16.6 Å². The van der Waals surface area contributed by atoms with Crippen LogP contribution in [-0.2, 0) is 11.3 Å². The molecule has 0 aliphatic carbocycles. The van der Waals surface area contributed by atoms with Crippen LogP contribution in [0.25, 0.3) is 10.2 Å². The molecular formula is C19H20N2O3S. The SMILES string of the molecule is CCn1c(=O)sc2cc(NC(=O)[C@H](C)Oc3cccc(C)c3)ccc21. The van der Waals surface area contributed by atoms with Gasteiger partial charge in [-0.05, 0) is 56.7 Å². The summed E-state index contributed by atoms with van der Waals surface area (Å²) in [4.78, 5) is 24.3. The van der Waals surface area contributed by atoms with Crippen LogP contribution in [0.5, 0.6) is 5.75 Å². The number of amides is 1. The Bertz CT molecular complexity index is 974. The van der Waals surface area contributed by atoms with Gasteiger partial charge in [0.25, 0.3) is 5.91 Å². The summed E-state index contributed by atoms with van der Waals surface area (Å²) >= 11 is 1.18. The highest BCUT2D eigenvalue weighted by molar-refractivity contribution is 7.16. The van der Waals surface area contributed by atoms with E-state index in [-0.39, 0.29) is 10.8 Å². The lowest BCUT2D eigenvalue weighted by Crippen LogP contribution is -2.30. The maximum Gasteiger partial charge on any atom is 0.308 e. The zero-order chi connectivity index (χ0) is 18.0. The smallest absolute Gasteiger partial charge is 0.308 e. The minimum Gasteiger partial charge on any atom is -0.481 e. The minimum absolute atomic E-state index is 0.0112. The quantitative estimate of drug-likeness (QED) is 0.756. The second-order valence-electron chi connectivity index (χ2n) is 5.86. The minimum atomic E-state index is -0.628. The molecule has 1 amide bonds. The number of hydrogen-bond acceptors (Lipinski definition) is 4. The highest BCUT2D eigenvalue weighted by Crippen LogP contribution is 2.22. The van der Waals surface area contributed by atoms with Crippen LogP contribution in [0.1, 0.15) is 19.4 Å². The van der Waals surface area contributed by atoms with Crippen molar-refractivity contribution in [2.45, 2.75) is 33.4 Å². The number of hydrogen-bond donors (Lipinski definition) is 1. The molecule has 0 saturated heterocycles. The lowest BCUT2D eigenvalue weighted by Gasteiger charge is -2.15.